The largest absolute Gasteiger partial charge is 0.333 e. The van der Waals surface area contributed by atoms with E-state index in [1.807, 2.05) is 23.6 Å². The lowest BCUT2D eigenvalue weighted by molar-refractivity contribution is 0.252. The van der Waals surface area contributed by atoms with Crippen LogP contribution in [-0.4, -0.2) is 6.03 Å². The van der Waals surface area contributed by atoms with Gasteiger partial charge in [0.25, 0.3) is 0 Å². The van der Waals surface area contributed by atoms with Crippen LogP contribution in [0.15, 0.2) is 40.2 Å². The number of benzene rings is 1. The van der Waals surface area contributed by atoms with Crippen LogP contribution in [0.3, 0.4) is 0 Å². The molecule has 0 fully saturated rings. The predicted molar refractivity (Wildman–Crippen MR) is 88.3 cm³/mol. The summed E-state index contributed by atoms with van der Waals surface area (Å²) in [5, 5.41) is 7.67. The summed E-state index contributed by atoms with van der Waals surface area (Å²) >= 11 is 5.01. The Morgan fingerprint density at radius 2 is 2.05 bits per heavy atom. The molecule has 0 spiro atoms. The van der Waals surface area contributed by atoms with E-state index in [4.69, 9.17) is 0 Å². The fourth-order valence-corrected chi connectivity index (χ4v) is 3.22. The van der Waals surface area contributed by atoms with E-state index in [9.17, 15) is 4.79 Å². The summed E-state index contributed by atoms with van der Waals surface area (Å²) in [6.45, 7) is 2.69. The number of amides is 2. The normalized spacial score (nSPS) is 10.3. The molecule has 2 aromatic rings. The van der Waals surface area contributed by atoms with Gasteiger partial charge >= 0.3 is 6.03 Å². The number of aryl methyl sites for hydroxylation is 1. The van der Waals surface area contributed by atoms with Crippen LogP contribution in [0.1, 0.15) is 23.8 Å². The fraction of sp³-hybridized carbons (Fsp3) is 0.267. The van der Waals surface area contributed by atoms with Gasteiger partial charge in [-0.1, -0.05) is 25.5 Å². The van der Waals surface area contributed by atoms with Crippen molar-refractivity contribution in [3.05, 3.63) is 50.6 Å². The Morgan fingerprint density at radius 3 is 2.65 bits per heavy atom. The molecular formula is C15H17BrN2OS. The zero-order chi connectivity index (χ0) is 14.4. The topological polar surface area (TPSA) is 41.1 Å². The number of carbonyl (C=O) groups excluding carboxylic acids is 1. The molecule has 106 valence electrons. The van der Waals surface area contributed by atoms with Gasteiger partial charge in [0.05, 0.1) is 6.54 Å². The molecule has 0 unspecified atom stereocenters. The van der Waals surface area contributed by atoms with Gasteiger partial charge in [-0.15, -0.1) is 11.3 Å². The van der Waals surface area contributed by atoms with Crippen LogP contribution in [-0.2, 0) is 13.0 Å². The van der Waals surface area contributed by atoms with E-state index >= 15 is 0 Å². The zero-order valence-corrected chi connectivity index (χ0v) is 13.7. The first-order valence-electron chi connectivity index (χ1n) is 6.54. The summed E-state index contributed by atoms with van der Waals surface area (Å²) in [4.78, 5) is 12.9. The van der Waals surface area contributed by atoms with Crippen molar-refractivity contribution in [1.29, 1.82) is 0 Å². The van der Waals surface area contributed by atoms with E-state index in [0.717, 1.165) is 27.9 Å². The molecule has 2 amide bonds. The Balaban J connectivity index is 1.81. The minimum Gasteiger partial charge on any atom is -0.333 e. The predicted octanol–water partition coefficient (Wildman–Crippen LogP) is 4.78. The van der Waals surface area contributed by atoms with Crippen molar-refractivity contribution < 1.29 is 4.79 Å². The highest BCUT2D eigenvalue weighted by Crippen LogP contribution is 2.19. The number of hydrogen-bond acceptors (Lipinski definition) is 2. The second-order valence-electron chi connectivity index (χ2n) is 4.49. The molecule has 1 aromatic heterocycles. The quantitative estimate of drug-likeness (QED) is 0.798. The molecule has 2 N–H and O–H groups in total. The highest BCUT2D eigenvalue weighted by molar-refractivity contribution is 9.10. The maximum Gasteiger partial charge on any atom is 0.319 e. The van der Waals surface area contributed by atoms with E-state index < -0.39 is 0 Å². The lowest BCUT2D eigenvalue weighted by Gasteiger charge is -2.07. The first-order valence-corrected chi connectivity index (χ1v) is 8.21. The zero-order valence-electron chi connectivity index (χ0n) is 11.3. The van der Waals surface area contributed by atoms with Crippen molar-refractivity contribution in [2.45, 2.75) is 26.3 Å². The molecule has 0 aliphatic carbocycles. The molecular weight excluding hydrogens is 336 g/mol. The van der Waals surface area contributed by atoms with Crippen molar-refractivity contribution >= 4 is 39.0 Å². The SMILES string of the molecule is CCCc1ccc(NC(=O)NCc2cc(Br)cs2)cc1. The van der Waals surface area contributed by atoms with Crippen LogP contribution in [0.4, 0.5) is 10.5 Å². The Labute approximate surface area is 131 Å². The number of hydrogen-bond donors (Lipinski definition) is 2. The first kappa shape index (κ1) is 15.1. The number of rotatable bonds is 5. The number of carbonyl (C=O) groups is 1. The molecule has 0 atom stereocenters. The number of halogens is 1. The van der Waals surface area contributed by atoms with Crippen molar-refractivity contribution in [3.63, 3.8) is 0 Å². The van der Waals surface area contributed by atoms with Crippen LogP contribution in [0, 0.1) is 0 Å². The minimum atomic E-state index is -0.183. The summed E-state index contributed by atoms with van der Waals surface area (Å²) in [6, 6.07) is 9.80. The Kier molecular flexibility index (Phi) is 5.61. The van der Waals surface area contributed by atoms with Gasteiger partial charge in [0, 0.05) is 20.4 Å². The Morgan fingerprint density at radius 1 is 1.30 bits per heavy atom. The van der Waals surface area contributed by atoms with E-state index in [1.165, 1.54) is 5.56 Å². The van der Waals surface area contributed by atoms with Gasteiger partial charge in [0.15, 0.2) is 0 Å². The first-order chi connectivity index (χ1) is 9.67. The molecule has 20 heavy (non-hydrogen) atoms. The molecule has 0 saturated carbocycles. The average molecular weight is 353 g/mol. The monoisotopic (exact) mass is 352 g/mol. The molecule has 0 aliphatic rings. The van der Waals surface area contributed by atoms with Crippen LogP contribution in [0.2, 0.25) is 0 Å². The van der Waals surface area contributed by atoms with E-state index in [0.29, 0.717) is 6.54 Å². The number of thiophene rings is 1. The van der Waals surface area contributed by atoms with Crippen LogP contribution in [0.25, 0.3) is 0 Å². The third-order valence-electron chi connectivity index (χ3n) is 2.80. The van der Waals surface area contributed by atoms with Gasteiger partial charge in [-0.05, 0) is 46.1 Å². The summed E-state index contributed by atoms with van der Waals surface area (Å²) in [7, 11) is 0. The minimum absolute atomic E-state index is 0.183. The van der Waals surface area contributed by atoms with Gasteiger partial charge in [-0.3, -0.25) is 0 Å². The number of nitrogens with one attached hydrogen (secondary N) is 2. The highest BCUT2D eigenvalue weighted by Gasteiger charge is 2.03. The van der Waals surface area contributed by atoms with Crippen molar-refractivity contribution in [3.8, 4) is 0 Å². The molecule has 3 nitrogen and oxygen atoms in total. The standard InChI is InChI=1S/C15H17BrN2OS/c1-2-3-11-4-6-13(7-5-11)18-15(19)17-9-14-8-12(16)10-20-14/h4-8,10H,2-3,9H2,1H3,(H2,17,18,19). The van der Waals surface area contributed by atoms with Crippen LogP contribution < -0.4 is 10.6 Å². The molecule has 0 saturated heterocycles. The second-order valence-corrected chi connectivity index (χ2v) is 6.40. The molecule has 1 aromatic carbocycles. The smallest absolute Gasteiger partial charge is 0.319 e. The fourth-order valence-electron chi connectivity index (χ4n) is 1.83. The lowest BCUT2D eigenvalue weighted by Crippen LogP contribution is -2.27. The Hall–Kier alpha value is -1.33. The summed E-state index contributed by atoms with van der Waals surface area (Å²) in [5.41, 5.74) is 2.11. The summed E-state index contributed by atoms with van der Waals surface area (Å²) < 4.78 is 1.05. The maximum absolute atomic E-state index is 11.8. The maximum atomic E-state index is 11.8. The van der Waals surface area contributed by atoms with Gasteiger partial charge in [-0.25, -0.2) is 4.79 Å². The molecule has 2 rings (SSSR count). The van der Waals surface area contributed by atoms with Crippen LogP contribution in [0.5, 0.6) is 0 Å². The summed E-state index contributed by atoms with van der Waals surface area (Å²) in [6.07, 6.45) is 2.20. The van der Waals surface area contributed by atoms with Gasteiger partial charge in [0.2, 0.25) is 0 Å². The van der Waals surface area contributed by atoms with E-state index in [2.05, 4.69) is 45.6 Å². The third kappa shape index (κ3) is 4.65. The molecule has 5 heteroatoms. The Bertz CT molecular complexity index is 566. The average Bonchev–Trinajstić information content (AvgIpc) is 2.85. The van der Waals surface area contributed by atoms with Crippen LogP contribution >= 0.6 is 27.3 Å². The number of urea groups is 1. The van der Waals surface area contributed by atoms with Crippen molar-refractivity contribution in [2.24, 2.45) is 0 Å². The molecule has 1 heterocycles. The second kappa shape index (κ2) is 7.45. The van der Waals surface area contributed by atoms with E-state index in [-0.39, 0.29) is 6.03 Å². The van der Waals surface area contributed by atoms with Crippen molar-refractivity contribution in [2.75, 3.05) is 5.32 Å². The van der Waals surface area contributed by atoms with Gasteiger partial charge in [0.1, 0.15) is 0 Å². The molecule has 0 aliphatic heterocycles. The molecule has 0 radical (unpaired) electrons. The summed E-state index contributed by atoms with van der Waals surface area (Å²) in [5.74, 6) is 0. The molecule has 0 bridgehead atoms. The lowest BCUT2D eigenvalue weighted by atomic mass is 10.1. The third-order valence-corrected chi connectivity index (χ3v) is 4.49. The van der Waals surface area contributed by atoms with Gasteiger partial charge < -0.3 is 10.6 Å². The van der Waals surface area contributed by atoms with Crippen molar-refractivity contribution in [1.82, 2.24) is 5.32 Å². The van der Waals surface area contributed by atoms with Gasteiger partial charge in [-0.2, -0.15) is 0 Å². The number of anilines is 1. The highest BCUT2D eigenvalue weighted by atomic mass is 79.9. The van der Waals surface area contributed by atoms with E-state index in [1.54, 1.807) is 11.3 Å².